The third kappa shape index (κ3) is 3.83. The molecule has 0 aliphatic heterocycles. The molecular formula is C12H17ClN2O. The van der Waals surface area contributed by atoms with E-state index < -0.39 is 0 Å². The van der Waals surface area contributed by atoms with Gasteiger partial charge in [0.25, 0.3) is 5.91 Å². The molecule has 0 saturated heterocycles. The fraction of sp³-hybridized carbons (Fsp3) is 0.417. The van der Waals surface area contributed by atoms with Crippen molar-refractivity contribution >= 4 is 17.5 Å². The number of amides is 1. The van der Waals surface area contributed by atoms with Crippen LogP contribution in [0.4, 0.5) is 0 Å². The minimum atomic E-state index is -0.0722. The summed E-state index contributed by atoms with van der Waals surface area (Å²) in [5.74, 6) is -0.0722. The number of hydrogen-bond donors (Lipinski definition) is 2. The minimum Gasteiger partial charge on any atom is -0.352 e. The molecule has 0 radical (unpaired) electrons. The molecule has 1 amide bonds. The zero-order chi connectivity index (χ0) is 12.0. The van der Waals surface area contributed by atoms with Crippen LogP contribution in [0, 0.1) is 6.92 Å². The van der Waals surface area contributed by atoms with Crippen LogP contribution >= 0.6 is 11.6 Å². The van der Waals surface area contributed by atoms with Gasteiger partial charge in [0.1, 0.15) is 0 Å². The van der Waals surface area contributed by atoms with Crippen molar-refractivity contribution in [3.05, 3.63) is 34.3 Å². The Bertz CT molecular complexity index is 366. The maximum atomic E-state index is 11.8. The number of carbonyl (C=O) groups is 1. The monoisotopic (exact) mass is 240 g/mol. The second-order valence-electron chi connectivity index (χ2n) is 3.71. The molecule has 16 heavy (non-hydrogen) atoms. The molecule has 0 atom stereocenters. The van der Waals surface area contributed by atoms with Gasteiger partial charge in [0, 0.05) is 17.1 Å². The summed E-state index contributed by atoms with van der Waals surface area (Å²) in [6, 6.07) is 5.31. The molecule has 3 nitrogen and oxygen atoms in total. The van der Waals surface area contributed by atoms with Crippen molar-refractivity contribution < 1.29 is 4.79 Å². The lowest BCUT2D eigenvalue weighted by atomic mass is 10.1. The largest absolute Gasteiger partial charge is 0.352 e. The van der Waals surface area contributed by atoms with Gasteiger partial charge in [-0.15, -0.1) is 0 Å². The minimum absolute atomic E-state index is 0.0722. The number of unbranched alkanes of at least 4 members (excludes halogenated alkanes) is 1. The lowest BCUT2D eigenvalue weighted by Crippen LogP contribution is -2.25. The van der Waals surface area contributed by atoms with Crippen molar-refractivity contribution in [2.75, 3.05) is 13.1 Å². The summed E-state index contributed by atoms with van der Waals surface area (Å²) in [5, 5.41) is 3.43. The molecule has 0 aliphatic rings. The molecule has 3 N–H and O–H groups in total. The smallest absolute Gasteiger partial charge is 0.251 e. The average Bonchev–Trinajstić information content (AvgIpc) is 2.27. The lowest BCUT2D eigenvalue weighted by molar-refractivity contribution is 0.0952. The van der Waals surface area contributed by atoms with E-state index in [1.54, 1.807) is 12.1 Å². The second kappa shape index (κ2) is 6.51. The molecular weight excluding hydrogens is 224 g/mol. The molecule has 0 unspecified atom stereocenters. The van der Waals surface area contributed by atoms with E-state index in [1.807, 2.05) is 13.0 Å². The SMILES string of the molecule is Cc1ccc(Cl)cc1C(=O)NCCCCN. The zero-order valence-electron chi connectivity index (χ0n) is 9.42. The van der Waals surface area contributed by atoms with Crippen LogP contribution < -0.4 is 11.1 Å². The average molecular weight is 241 g/mol. The van der Waals surface area contributed by atoms with Gasteiger partial charge in [0.2, 0.25) is 0 Å². The van der Waals surface area contributed by atoms with E-state index in [4.69, 9.17) is 17.3 Å². The van der Waals surface area contributed by atoms with Crippen LogP contribution in [0.25, 0.3) is 0 Å². The Morgan fingerprint density at radius 3 is 2.88 bits per heavy atom. The standard InChI is InChI=1S/C12H17ClN2O/c1-9-4-5-10(13)8-11(9)12(16)15-7-3-2-6-14/h4-5,8H,2-3,6-7,14H2,1H3,(H,15,16). The topological polar surface area (TPSA) is 55.1 Å². The maximum absolute atomic E-state index is 11.8. The predicted octanol–water partition coefficient (Wildman–Crippen LogP) is 2.12. The second-order valence-corrected chi connectivity index (χ2v) is 4.15. The Morgan fingerprint density at radius 1 is 1.44 bits per heavy atom. The summed E-state index contributed by atoms with van der Waals surface area (Å²) in [7, 11) is 0. The quantitative estimate of drug-likeness (QED) is 0.775. The van der Waals surface area contributed by atoms with Crippen molar-refractivity contribution in [1.29, 1.82) is 0 Å². The highest BCUT2D eigenvalue weighted by Gasteiger charge is 2.08. The predicted molar refractivity (Wildman–Crippen MR) is 66.8 cm³/mol. The molecule has 4 heteroatoms. The van der Waals surface area contributed by atoms with Gasteiger partial charge >= 0.3 is 0 Å². The zero-order valence-corrected chi connectivity index (χ0v) is 10.2. The van der Waals surface area contributed by atoms with E-state index in [1.165, 1.54) is 0 Å². The number of aryl methyl sites for hydroxylation is 1. The van der Waals surface area contributed by atoms with Crippen molar-refractivity contribution in [2.45, 2.75) is 19.8 Å². The van der Waals surface area contributed by atoms with E-state index in [2.05, 4.69) is 5.32 Å². The van der Waals surface area contributed by atoms with Gasteiger partial charge in [-0.2, -0.15) is 0 Å². The number of hydrogen-bond acceptors (Lipinski definition) is 2. The van der Waals surface area contributed by atoms with Crippen molar-refractivity contribution in [3.8, 4) is 0 Å². The summed E-state index contributed by atoms with van der Waals surface area (Å²) >= 11 is 5.85. The Balaban J connectivity index is 2.55. The van der Waals surface area contributed by atoms with Crippen molar-refractivity contribution in [3.63, 3.8) is 0 Å². The highest BCUT2D eigenvalue weighted by molar-refractivity contribution is 6.31. The van der Waals surface area contributed by atoms with Crippen LogP contribution in [0.5, 0.6) is 0 Å². The van der Waals surface area contributed by atoms with Crippen molar-refractivity contribution in [1.82, 2.24) is 5.32 Å². The lowest BCUT2D eigenvalue weighted by Gasteiger charge is -2.07. The molecule has 0 aliphatic carbocycles. The summed E-state index contributed by atoms with van der Waals surface area (Å²) in [4.78, 5) is 11.8. The molecule has 0 saturated carbocycles. The summed E-state index contributed by atoms with van der Waals surface area (Å²) < 4.78 is 0. The molecule has 1 rings (SSSR count). The number of nitrogens with one attached hydrogen (secondary N) is 1. The summed E-state index contributed by atoms with van der Waals surface area (Å²) in [5.41, 5.74) is 6.94. The van der Waals surface area contributed by atoms with Gasteiger partial charge in [-0.3, -0.25) is 4.79 Å². The van der Waals surface area contributed by atoms with Crippen LogP contribution in [0.15, 0.2) is 18.2 Å². The van der Waals surface area contributed by atoms with Crippen LogP contribution in [-0.4, -0.2) is 19.0 Å². The Morgan fingerprint density at radius 2 is 2.19 bits per heavy atom. The van der Waals surface area contributed by atoms with Crippen LogP contribution in [0.2, 0.25) is 5.02 Å². The normalized spacial score (nSPS) is 10.2. The fourth-order valence-corrected chi connectivity index (χ4v) is 1.58. The highest BCUT2D eigenvalue weighted by Crippen LogP contribution is 2.15. The van der Waals surface area contributed by atoms with Gasteiger partial charge in [-0.25, -0.2) is 0 Å². The maximum Gasteiger partial charge on any atom is 0.251 e. The highest BCUT2D eigenvalue weighted by atomic mass is 35.5. The Kier molecular flexibility index (Phi) is 5.29. The molecule has 0 aromatic heterocycles. The molecule has 0 heterocycles. The molecule has 0 bridgehead atoms. The summed E-state index contributed by atoms with van der Waals surface area (Å²) in [6.45, 7) is 3.21. The Labute approximate surface area is 101 Å². The molecule has 88 valence electrons. The molecule has 1 aromatic carbocycles. The third-order valence-electron chi connectivity index (χ3n) is 2.36. The number of carbonyl (C=O) groups excluding carboxylic acids is 1. The van der Waals surface area contributed by atoms with E-state index in [-0.39, 0.29) is 5.91 Å². The first-order chi connectivity index (χ1) is 7.65. The Hall–Kier alpha value is -1.06. The number of halogens is 1. The molecule has 1 aromatic rings. The van der Waals surface area contributed by atoms with E-state index >= 15 is 0 Å². The van der Waals surface area contributed by atoms with Crippen LogP contribution in [-0.2, 0) is 0 Å². The van der Waals surface area contributed by atoms with Gasteiger partial charge in [0.05, 0.1) is 0 Å². The number of nitrogens with two attached hydrogens (primary N) is 1. The summed E-state index contributed by atoms with van der Waals surface area (Å²) in [6.07, 6.45) is 1.83. The van der Waals surface area contributed by atoms with E-state index in [0.717, 1.165) is 18.4 Å². The first-order valence-electron chi connectivity index (χ1n) is 5.39. The van der Waals surface area contributed by atoms with Gasteiger partial charge in [-0.05, 0) is 44.0 Å². The van der Waals surface area contributed by atoms with Crippen LogP contribution in [0.1, 0.15) is 28.8 Å². The van der Waals surface area contributed by atoms with Gasteiger partial charge in [0.15, 0.2) is 0 Å². The first-order valence-corrected chi connectivity index (χ1v) is 5.77. The van der Waals surface area contributed by atoms with Gasteiger partial charge in [-0.1, -0.05) is 17.7 Å². The van der Waals surface area contributed by atoms with Crippen LogP contribution in [0.3, 0.4) is 0 Å². The number of rotatable bonds is 5. The van der Waals surface area contributed by atoms with Gasteiger partial charge < -0.3 is 11.1 Å². The first kappa shape index (κ1) is 13.0. The molecule has 0 fully saturated rings. The fourth-order valence-electron chi connectivity index (χ4n) is 1.41. The van der Waals surface area contributed by atoms with Crippen molar-refractivity contribution in [2.24, 2.45) is 5.73 Å². The molecule has 0 spiro atoms. The van der Waals surface area contributed by atoms with E-state index in [0.29, 0.717) is 23.7 Å². The number of benzene rings is 1. The van der Waals surface area contributed by atoms with E-state index in [9.17, 15) is 4.79 Å². The third-order valence-corrected chi connectivity index (χ3v) is 2.60.